The van der Waals surface area contributed by atoms with Gasteiger partial charge in [-0.05, 0) is 54.6 Å². The summed E-state index contributed by atoms with van der Waals surface area (Å²) in [4.78, 5) is 17.5. The van der Waals surface area contributed by atoms with Crippen LogP contribution < -0.4 is 4.74 Å². The summed E-state index contributed by atoms with van der Waals surface area (Å²) in [5, 5.41) is 0. The van der Waals surface area contributed by atoms with Crippen LogP contribution in [0.2, 0.25) is 0 Å². The Morgan fingerprint density at radius 2 is 1.85 bits per heavy atom. The van der Waals surface area contributed by atoms with Crippen LogP contribution in [0.15, 0.2) is 75.8 Å². The predicted octanol–water partition coefficient (Wildman–Crippen LogP) is 4.85. The number of ketones is 1. The zero-order chi connectivity index (χ0) is 17.9. The first-order valence-electron chi connectivity index (χ1n) is 8.04. The third kappa shape index (κ3) is 3.02. The van der Waals surface area contributed by atoms with E-state index in [-0.39, 0.29) is 11.7 Å². The number of fused-ring (bicyclic) bond motifs is 1. The number of ether oxygens (including phenoxy) is 1. The zero-order valence-corrected chi connectivity index (χ0v) is 14.0. The van der Waals surface area contributed by atoms with Crippen LogP contribution in [0, 0.1) is 0 Å². The lowest BCUT2D eigenvalue weighted by Gasteiger charge is -2.04. The topological polar surface area (TPSA) is 65.5 Å². The van der Waals surface area contributed by atoms with Gasteiger partial charge in [0.25, 0.3) is 0 Å². The summed E-state index contributed by atoms with van der Waals surface area (Å²) in [7, 11) is 1.58. The highest BCUT2D eigenvalue weighted by molar-refractivity contribution is 6.31. The highest BCUT2D eigenvalue weighted by atomic mass is 16.5. The molecule has 4 rings (SSSR count). The van der Waals surface area contributed by atoms with Crippen molar-refractivity contribution in [1.29, 1.82) is 0 Å². The van der Waals surface area contributed by atoms with Gasteiger partial charge in [0.05, 0.1) is 18.9 Å². The lowest BCUT2D eigenvalue weighted by molar-refractivity contribution is 0.105. The van der Waals surface area contributed by atoms with Crippen LogP contribution in [0.4, 0.5) is 0 Å². The molecule has 0 unspecified atom stereocenters. The fourth-order valence-electron chi connectivity index (χ4n) is 2.63. The monoisotopic (exact) mass is 345 g/mol. The van der Waals surface area contributed by atoms with Gasteiger partial charge in [-0.3, -0.25) is 4.79 Å². The van der Waals surface area contributed by atoms with Crippen LogP contribution in [0.1, 0.15) is 22.0 Å². The molecular weight excluding hydrogens is 330 g/mol. The van der Waals surface area contributed by atoms with Crippen LogP contribution in [0.3, 0.4) is 0 Å². The fraction of sp³-hybridized carbons (Fsp3) is 0.0476. The standard InChI is InChI=1S/C21H15NO4/c1-24-15-10-8-14(9-11-15)20(23)17(13-16-5-4-12-25-16)21-22-18-6-2-3-7-19(18)26-21/h2-13H,1H3/b17-13+. The van der Waals surface area contributed by atoms with Crippen LogP contribution in [0.5, 0.6) is 5.75 Å². The number of carbonyl (C=O) groups excluding carboxylic acids is 1. The average molecular weight is 345 g/mol. The van der Waals surface area contributed by atoms with Crippen molar-refractivity contribution in [2.45, 2.75) is 0 Å². The highest BCUT2D eigenvalue weighted by Crippen LogP contribution is 2.27. The molecule has 5 nitrogen and oxygen atoms in total. The molecule has 2 heterocycles. The van der Waals surface area contributed by atoms with Crippen LogP contribution in [-0.2, 0) is 0 Å². The van der Waals surface area contributed by atoms with Gasteiger partial charge < -0.3 is 13.6 Å². The molecule has 5 heteroatoms. The van der Waals surface area contributed by atoms with E-state index < -0.39 is 0 Å². The van der Waals surface area contributed by atoms with E-state index in [0.29, 0.717) is 33.7 Å². The number of oxazole rings is 1. The first-order chi connectivity index (χ1) is 12.7. The largest absolute Gasteiger partial charge is 0.497 e. The van der Waals surface area contributed by atoms with Crippen molar-refractivity contribution >= 4 is 28.5 Å². The second-order valence-electron chi connectivity index (χ2n) is 5.62. The van der Waals surface area contributed by atoms with Crippen LogP contribution >= 0.6 is 0 Å². The van der Waals surface area contributed by atoms with Crippen molar-refractivity contribution in [2.75, 3.05) is 7.11 Å². The number of rotatable bonds is 5. The molecule has 2 aromatic carbocycles. The van der Waals surface area contributed by atoms with Gasteiger partial charge in [-0.15, -0.1) is 0 Å². The Balaban J connectivity index is 1.81. The Bertz CT molecular complexity index is 1040. The number of carbonyl (C=O) groups is 1. The van der Waals surface area contributed by atoms with Crippen molar-refractivity contribution in [2.24, 2.45) is 0 Å². The molecular formula is C21H15NO4. The molecule has 26 heavy (non-hydrogen) atoms. The third-order valence-electron chi connectivity index (χ3n) is 3.95. The molecule has 0 aliphatic heterocycles. The average Bonchev–Trinajstić information content (AvgIpc) is 3.34. The Morgan fingerprint density at radius 3 is 2.54 bits per heavy atom. The summed E-state index contributed by atoms with van der Waals surface area (Å²) in [5.74, 6) is 1.27. The summed E-state index contributed by atoms with van der Waals surface area (Å²) < 4.78 is 16.3. The van der Waals surface area contributed by atoms with Gasteiger partial charge in [0, 0.05) is 5.56 Å². The molecule has 2 aromatic heterocycles. The Labute approximate surface area is 149 Å². The molecule has 0 radical (unpaired) electrons. The fourth-order valence-corrected chi connectivity index (χ4v) is 2.63. The van der Waals surface area contributed by atoms with E-state index in [1.54, 1.807) is 55.8 Å². The quantitative estimate of drug-likeness (QED) is 0.382. The second-order valence-corrected chi connectivity index (χ2v) is 5.62. The molecule has 0 amide bonds. The highest BCUT2D eigenvalue weighted by Gasteiger charge is 2.20. The number of benzene rings is 2. The molecule has 0 aliphatic rings. The summed E-state index contributed by atoms with van der Waals surface area (Å²) in [6, 6.07) is 17.8. The van der Waals surface area contributed by atoms with Crippen molar-refractivity contribution in [3.05, 3.63) is 84.1 Å². The van der Waals surface area contributed by atoms with Gasteiger partial charge >= 0.3 is 0 Å². The maximum atomic E-state index is 13.1. The van der Waals surface area contributed by atoms with Gasteiger partial charge in [0.1, 0.15) is 17.0 Å². The number of allylic oxidation sites excluding steroid dienone is 1. The number of aromatic nitrogens is 1. The predicted molar refractivity (Wildman–Crippen MR) is 97.9 cm³/mol. The van der Waals surface area contributed by atoms with E-state index in [1.165, 1.54) is 0 Å². The summed E-state index contributed by atoms with van der Waals surface area (Å²) >= 11 is 0. The lowest BCUT2D eigenvalue weighted by Crippen LogP contribution is -2.03. The molecule has 0 saturated carbocycles. The van der Waals surface area contributed by atoms with E-state index in [2.05, 4.69) is 4.98 Å². The van der Waals surface area contributed by atoms with E-state index >= 15 is 0 Å². The van der Waals surface area contributed by atoms with E-state index in [9.17, 15) is 4.79 Å². The number of Topliss-reactive ketones (excluding diaryl/α,β-unsaturated/α-hetero) is 1. The van der Waals surface area contributed by atoms with E-state index in [4.69, 9.17) is 13.6 Å². The summed E-state index contributed by atoms with van der Waals surface area (Å²) in [6.45, 7) is 0. The van der Waals surface area contributed by atoms with Gasteiger partial charge in [-0.25, -0.2) is 4.98 Å². The van der Waals surface area contributed by atoms with Gasteiger partial charge in [-0.2, -0.15) is 0 Å². The molecule has 0 aliphatic carbocycles. The first kappa shape index (κ1) is 15.9. The van der Waals surface area contributed by atoms with E-state index in [1.807, 2.05) is 24.3 Å². The summed E-state index contributed by atoms with van der Waals surface area (Å²) in [6.07, 6.45) is 3.19. The molecule has 128 valence electrons. The number of nitrogens with zero attached hydrogens (tertiary/aromatic N) is 1. The minimum atomic E-state index is -0.212. The lowest BCUT2D eigenvalue weighted by atomic mass is 10.0. The van der Waals surface area contributed by atoms with Crippen LogP contribution in [-0.4, -0.2) is 17.9 Å². The Hall–Kier alpha value is -3.60. The first-order valence-corrected chi connectivity index (χ1v) is 8.04. The van der Waals surface area contributed by atoms with Gasteiger partial charge in [0.15, 0.2) is 11.4 Å². The van der Waals surface area contributed by atoms with Crippen molar-refractivity contribution < 1.29 is 18.4 Å². The number of furan rings is 1. The Morgan fingerprint density at radius 1 is 1.04 bits per heavy atom. The van der Waals surface area contributed by atoms with Crippen molar-refractivity contribution in [3.63, 3.8) is 0 Å². The number of para-hydroxylation sites is 2. The third-order valence-corrected chi connectivity index (χ3v) is 3.95. The smallest absolute Gasteiger partial charge is 0.231 e. The maximum Gasteiger partial charge on any atom is 0.231 e. The molecule has 0 atom stereocenters. The van der Waals surface area contributed by atoms with Crippen LogP contribution in [0.25, 0.3) is 22.7 Å². The number of hydrogen-bond donors (Lipinski definition) is 0. The van der Waals surface area contributed by atoms with Gasteiger partial charge in [0.2, 0.25) is 5.89 Å². The van der Waals surface area contributed by atoms with E-state index in [0.717, 1.165) is 0 Å². The molecule has 0 N–H and O–H groups in total. The molecule has 4 aromatic rings. The molecule has 0 saturated heterocycles. The second kappa shape index (κ2) is 6.72. The maximum absolute atomic E-state index is 13.1. The number of hydrogen-bond acceptors (Lipinski definition) is 5. The SMILES string of the molecule is COc1ccc(C(=O)/C(=C\c2ccco2)c2nc3ccccc3o2)cc1. The Kier molecular flexibility index (Phi) is 4.11. The minimum absolute atomic E-state index is 0.212. The van der Waals surface area contributed by atoms with Crippen molar-refractivity contribution in [3.8, 4) is 5.75 Å². The molecule has 0 spiro atoms. The number of methoxy groups -OCH3 is 1. The van der Waals surface area contributed by atoms with Crippen molar-refractivity contribution in [1.82, 2.24) is 4.98 Å². The zero-order valence-electron chi connectivity index (χ0n) is 14.0. The van der Waals surface area contributed by atoms with Gasteiger partial charge in [-0.1, -0.05) is 12.1 Å². The molecule has 0 fully saturated rings. The minimum Gasteiger partial charge on any atom is -0.497 e. The summed E-state index contributed by atoms with van der Waals surface area (Å²) in [5.41, 5.74) is 2.14. The normalized spacial score (nSPS) is 11.7. The molecule has 0 bridgehead atoms.